The summed E-state index contributed by atoms with van der Waals surface area (Å²) in [5, 5.41) is 0. The highest BCUT2D eigenvalue weighted by Crippen LogP contribution is 2.50. The summed E-state index contributed by atoms with van der Waals surface area (Å²) >= 11 is 0. The molecular weight excluding hydrogens is 360 g/mol. The van der Waals surface area contributed by atoms with E-state index in [0.29, 0.717) is 0 Å². The molecule has 2 aliphatic heterocycles. The van der Waals surface area contributed by atoms with Crippen molar-refractivity contribution in [1.82, 2.24) is 0 Å². The second kappa shape index (κ2) is 6.35. The molecule has 3 aliphatic rings. The first kappa shape index (κ1) is 18.2. The lowest BCUT2D eigenvalue weighted by Crippen LogP contribution is -2.56. The minimum Gasteiger partial charge on any atom is -0.484 e. The number of carbonyl (C=O) groups excluding carboxylic acids is 1. The Morgan fingerprint density at radius 3 is 1.66 bits per heavy atom. The van der Waals surface area contributed by atoms with E-state index < -0.39 is 0 Å². The van der Waals surface area contributed by atoms with Crippen LogP contribution in [-0.2, 0) is 17.6 Å². The van der Waals surface area contributed by atoms with Crippen LogP contribution in [0.3, 0.4) is 0 Å². The monoisotopic (exact) mass is 386 g/mol. The lowest BCUT2D eigenvalue weighted by atomic mass is 9.65. The number of rotatable bonds is 2. The predicted octanol–water partition coefficient (Wildman–Crippen LogP) is 5.41. The molecule has 2 aromatic rings. The molecule has 0 spiro atoms. The van der Waals surface area contributed by atoms with Gasteiger partial charge < -0.3 is 9.47 Å². The minimum absolute atomic E-state index is 0.0368. The summed E-state index contributed by atoms with van der Waals surface area (Å²) < 4.78 is 12.9. The Morgan fingerprint density at radius 1 is 0.793 bits per heavy atom. The van der Waals surface area contributed by atoms with Crippen molar-refractivity contribution in [3.63, 3.8) is 0 Å². The topological polar surface area (TPSA) is 35.5 Å². The highest BCUT2D eigenvalue weighted by molar-refractivity contribution is 6.16. The van der Waals surface area contributed by atoms with Crippen LogP contribution in [0.5, 0.6) is 11.5 Å². The van der Waals surface area contributed by atoms with E-state index >= 15 is 0 Å². The number of ketones is 1. The normalized spacial score (nSPS) is 23.4. The van der Waals surface area contributed by atoms with Gasteiger partial charge in [0.2, 0.25) is 0 Å². The first-order chi connectivity index (χ1) is 13.9. The Bertz CT molecular complexity index is 1000. The minimum atomic E-state index is -0.384. The molecule has 2 atom stereocenters. The van der Waals surface area contributed by atoms with Crippen LogP contribution in [0, 0.1) is 5.41 Å². The van der Waals surface area contributed by atoms with Crippen LogP contribution in [0.25, 0.3) is 12.2 Å². The van der Waals surface area contributed by atoms with Crippen molar-refractivity contribution in [1.29, 1.82) is 0 Å². The Morgan fingerprint density at radius 2 is 1.24 bits per heavy atom. The van der Waals surface area contributed by atoms with E-state index in [2.05, 4.69) is 64.1 Å². The molecule has 1 aliphatic carbocycles. The van der Waals surface area contributed by atoms with E-state index in [0.717, 1.165) is 46.6 Å². The average molecular weight is 386 g/mol. The highest BCUT2D eigenvalue weighted by Gasteiger charge is 2.54. The fourth-order valence-corrected chi connectivity index (χ4v) is 4.69. The van der Waals surface area contributed by atoms with Crippen LogP contribution in [0.4, 0.5) is 0 Å². The number of ether oxygens (including phenoxy) is 2. The van der Waals surface area contributed by atoms with Gasteiger partial charge in [0.15, 0.2) is 5.78 Å². The molecule has 148 valence electrons. The van der Waals surface area contributed by atoms with Gasteiger partial charge in [-0.25, -0.2) is 0 Å². The number of fused-ring (bicyclic) bond motifs is 4. The maximum absolute atomic E-state index is 13.5. The van der Waals surface area contributed by atoms with E-state index in [1.54, 1.807) is 0 Å². The van der Waals surface area contributed by atoms with Crippen molar-refractivity contribution in [3.8, 4) is 11.5 Å². The van der Waals surface area contributed by atoms with Crippen LogP contribution >= 0.6 is 0 Å². The number of hydrogen-bond acceptors (Lipinski definition) is 3. The van der Waals surface area contributed by atoms with E-state index in [1.807, 2.05) is 12.2 Å². The second-order valence-corrected chi connectivity index (χ2v) is 8.80. The SMILES string of the molecule is CCc1ccc2c(c1)O[C@@H]1C(=C2)C(=O)C2=Cc3ccc(CC)cc3O[C@@H]2C1(C)C. The molecule has 2 heterocycles. The summed E-state index contributed by atoms with van der Waals surface area (Å²) in [6.07, 6.45) is 5.28. The fourth-order valence-electron chi connectivity index (χ4n) is 4.69. The molecule has 1 saturated carbocycles. The standard InChI is InChI=1S/C26H26O3/c1-5-15-7-9-17-13-19-23(27)20-14-18-10-8-16(6-2)12-22(18)29-25(20)26(3,4)24(19)28-21(17)11-15/h7-14,24-25H,5-6H2,1-4H3/t24-,25+. The van der Waals surface area contributed by atoms with E-state index in [4.69, 9.17) is 9.47 Å². The summed E-state index contributed by atoms with van der Waals surface area (Å²) in [5.41, 5.74) is 5.48. The molecule has 29 heavy (non-hydrogen) atoms. The van der Waals surface area contributed by atoms with Crippen LogP contribution in [0.1, 0.15) is 49.9 Å². The van der Waals surface area contributed by atoms with Crippen molar-refractivity contribution in [2.24, 2.45) is 5.41 Å². The molecule has 0 amide bonds. The number of Topliss-reactive ketones (excluding diaryl/α,β-unsaturated/α-hetero) is 1. The van der Waals surface area contributed by atoms with Gasteiger partial charge in [-0.05, 0) is 48.3 Å². The summed E-state index contributed by atoms with van der Waals surface area (Å²) in [5.74, 6) is 1.75. The molecule has 1 fully saturated rings. The smallest absolute Gasteiger partial charge is 0.192 e. The molecule has 0 unspecified atom stereocenters. The van der Waals surface area contributed by atoms with Gasteiger partial charge in [-0.15, -0.1) is 0 Å². The molecule has 5 rings (SSSR count). The average Bonchev–Trinajstić information content (AvgIpc) is 2.75. The van der Waals surface area contributed by atoms with Crippen molar-refractivity contribution in [3.05, 3.63) is 69.8 Å². The second-order valence-electron chi connectivity index (χ2n) is 8.80. The van der Waals surface area contributed by atoms with Gasteiger partial charge in [0.1, 0.15) is 23.7 Å². The number of benzene rings is 2. The van der Waals surface area contributed by atoms with Gasteiger partial charge in [0.25, 0.3) is 0 Å². The maximum atomic E-state index is 13.5. The first-order valence-electron chi connectivity index (χ1n) is 10.5. The van der Waals surface area contributed by atoms with E-state index in [1.165, 1.54) is 11.1 Å². The Labute approximate surface area is 172 Å². The van der Waals surface area contributed by atoms with Crippen LogP contribution < -0.4 is 9.47 Å². The Hall–Kier alpha value is -2.81. The van der Waals surface area contributed by atoms with Gasteiger partial charge in [0.05, 0.1) is 0 Å². The predicted molar refractivity (Wildman–Crippen MR) is 115 cm³/mol. The zero-order valence-corrected chi connectivity index (χ0v) is 17.4. The summed E-state index contributed by atoms with van der Waals surface area (Å²) in [6.45, 7) is 8.54. The lowest BCUT2D eigenvalue weighted by molar-refractivity contribution is -0.119. The first-order valence-corrected chi connectivity index (χ1v) is 10.5. The quantitative estimate of drug-likeness (QED) is 0.692. The summed E-state index contributed by atoms with van der Waals surface area (Å²) in [7, 11) is 0. The van der Waals surface area contributed by atoms with Crippen LogP contribution in [0.2, 0.25) is 0 Å². The lowest BCUT2D eigenvalue weighted by Gasteiger charge is -2.48. The van der Waals surface area contributed by atoms with Gasteiger partial charge in [-0.1, -0.05) is 52.0 Å². The molecule has 0 radical (unpaired) electrons. The highest BCUT2D eigenvalue weighted by atomic mass is 16.5. The van der Waals surface area contributed by atoms with Crippen molar-refractivity contribution < 1.29 is 14.3 Å². The molecule has 0 aromatic heterocycles. The third-order valence-electron chi connectivity index (χ3n) is 6.52. The van der Waals surface area contributed by atoms with Crippen molar-refractivity contribution in [2.45, 2.75) is 52.7 Å². The fraction of sp³-hybridized carbons (Fsp3) is 0.346. The molecule has 3 nitrogen and oxygen atoms in total. The molecular formula is C26H26O3. The van der Waals surface area contributed by atoms with Crippen LogP contribution in [-0.4, -0.2) is 18.0 Å². The molecule has 0 bridgehead atoms. The van der Waals surface area contributed by atoms with Gasteiger partial charge >= 0.3 is 0 Å². The molecule has 0 saturated heterocycles. The molecule has 0 N–H and O–H groups in total. The zero-order chi connectivity index (χ0) is 20.3. The maximum Gasteiger partial charge on any atom is 0.192 e. The van der Waals surface area contributed by atoms with Crippen molar-refractivity contribution >= 4 is 17.9 Å². The van der Waals surface area contributed by atoms with E-state index in [9.17, 15) is 4.79 Å². The summed E-state index contributed by atoms with van der Waals surface area (Å²) in [4.78, 5) is 13.5. The zero-order valence-electron chi connectivity index (χ0n) is 17.4. The largest absolute Gasteiger partial charge is 0.484 e. The third-order valence-corrected chi connectivity index (χ3v) is 6.52. The number of aryl methyl sites for hydroxylation is 2. The Balaban J connectivity index is 1.63. The van der Waals surface area contributed by atoms with Crippen molar-refractivity contribution in [2.75, 3.05) is 0 Å². The molecule has 3 heteroatoms. The number of hydrogen-bond donors (Lipinski definition) is 0. The van der Waals surface area contributed by atoms with Gasteiger partial charge in [0, 0.05) is 27.7 Å². The molecule has 2 aromatic carbocycles. The summed E-state index contributed by atoms with van der Waals surface area (Å²) in [6, 6.07) is 12.5. The Kier molecular flexibility index (Phi) is 3.99. The number of carbonyl (C=O) groups is 1. The van der Waals surface area contributed by atoms with Crippen LogP contribution in [0.15, 0.2) is 47.5 Å². The van der Waals surface area contributed by atoms with E-state index in [-0.39, 0.29) is 23.4 Å². The third kappa shape index (κ3) is 2.67. The van der Waals surface area contributed by atoms with Gasteiger partial charge in [-0.2, -0.15) is 0 Å². The van der Waals surface area contributed by atoms with Gasteiger partial charge in [-0.3, -0.25) is 4.79 Å².